The van der Waals surface area contributed by atoms with Gasteiger partial charge >= 0.3 is 6.03 Å². The summed E-state index contributed by atoms with van der Waals surface area (Å²) in [5, 5.41) is 2.98. The maximum absolute atomic E-state index is 12.1. The zero-order chi connectivity index (χ0) is 13.1. The van der Waals surface area contributed by atoms with Gasteiger partial charge in [0.25, 0.3) is 0 Å². The van der Waals surface area contributed by atoms with E-state index in [0.717, 1.165) is 12.8 Å². The van der Waals surface area contributed by atoms with Gasteiger partial charge in [-0.1, -0.05) is 0 Å². The molecule has 0 aromatic carbocycles. The zero-order valence-electron chi connectivity index (χ0n) is 11.3. The number of methoxy groups -OCH3 is 1. The number of ether oxygens (including phenoxy) is 1. The van der Waals surface area contributed by atoms with Crippen LogP contribution < -0.4 is 11.1 Å². The molecule has 0 aromatic heterocycles. The molecule has 2 unspecified atom stereocenters. The summed E-state index contributed by atoms with van der Waals surface area (Å²) in [6, 6.07) is 0.0542. The summed E-state index contributed by atoms with van der Waals surface area (Å²) in [5.74, 6) is 0. The van der Waals surface area contributed by atoms with E-state index in [1.165, 1.54) is 0 Å². The fourth-order valence-electron chi connectivity index (χ4n) is 2.11. The van der Waals surface area contributed by atoms with Crippen molar-refractivity contribution in [1.82, 2.24) is 10.2 Å². The minimum atomic E-state index is -0.214. The van der Waals surface area contributed by atoms with Gasteiger partial charge in [0.2, 0.25) is 0 Å². The van der Waals surface area contributed by atoms with E-state index in [1.807, 2.05) is 25.7 Å². The Labute approximate surface area is 104 Å². The van der Waals surface area contributed by atoms with E-state index in [0.29, 0.717) is 13.1 Å². The number of nitrogens with zero attached hydrogens (tertiary/aromatic N) is 1. The van der Waals surface area contributed by atoms with Crippen LogP contribution >= 0.6 is 0 Å². The third kappa shape index (κ3) is 4.16. The Kier molecular flexibility index (Phi) is 4.77. The van der Waals surface area contributed by atoms with Gasteiger partial charge in [-0.3, -0.25) is 0 Å². The monoisotopic (exact) mass is 243 g/mol. The van der Waals surface area contributed by atoms with Gasteiger partial charge in [0, 0.05) is 31.8 Å². The molecule has 0 saturated carbocycles. The second-order valence-electron chi connectivity index (χ2n) is 5.65. The van der Waals surface area contributed by atoms with Gasteiger partial charge in [0.1, 0.15) is 0 Å². The summed E-state index contributed by atoms with van der Waals surface area (Å²) >= 11 is 0. The van der Waals surface area contributed by atoms with Crippen LogP contribution in [0.25, 0.3) is 0 Å². The van der Waals surface area contributed by atoms with Gasteiger partial charge in [-0.25, -0.2) is 4.79 Å². The standard InChI is InChI=1S/C12H25N3O2/c1-12(2,3)14-11(16)15-6-5-10(17-4)7-9(15)8-13/h9-10H,5-8,13H2,1-4H3,(H,14,16). The number of likely N-dealkylation sites (tertiary alicyclic amines) is 1. The summed E-state index contributed by atoms with van der Waals surface area (Å²) in [5.41, 5.74) is 5.52. The minimum Gasteiger partial charge on any atom is -0.381 e. The molecule has 5 nitrogen and oxygen atoms in total. The lowest BCUT2D eigenvalue weighted by atomic mass is 9.99. The largest absolute Gasteiger partial charge is 0.381 e. The van der Waals surface area contributed by atoms with Crippen molar-refractivity contribution in [3.63, 3.8) is 0 Å². The van der Waals surface area contributed by atoms with Crippen LogP contribution in [-0.4, -0.2) is 48.8 Å². The highest BCUT2D eigenvalue weighted by Gasteiger charge is 2.31. The zero-order valence-corrected chi connectivity index (χ0v) is 11.3. The first kappa shape index (κ1) is 14.3. The summed E-state index contributed by atoms with van der Waals surface area (Å²) in [4.78, 5) is 13.9. The van der Waals surface area contributed by atoms with Crippen LogP contribution in [0.4, 0.5) is 4.79 Å². The molecule has 0 spiro atoms. The average Bonchev–Trinajstić information content (AvgIpc) is 2.25. The molecule has 3 N–H and O–H groups in total. The number of nitrogens with one attached hydrogen (secondary N) is 1. The molecule has 0 aliphatic carbocycles. The summed E-state index contributed by atoms with van der Waals surface area (Å²) < 4.78 is 5.34. The lowest BCUT2D eigenvalue weighted by molar-refractivity contribution is 0.0261. The van der Waals surface area contributed by atoms with Crippen molar-refractivity contribution >= 4 is 6.03 Å². The fraction of sp³-hybridized carbons (Fsp3) is 0.917. The average molecular weight is 243 g/mol. The predicted octanol–water partition coefficient (Wildman–Crippen LogP) is 0.933. The number of amides is 2. The van der Waals surface area contributed by atoms with Crippen molar-refractivity contribution < 1.29 is 9.53 Å². The highest BCUT2D eigenvalue weighted by Crippen LogP contribution is 2.19. The molecule has 100 valence electrons. The fourth-order valence-corrected chi connectivity index (χ4v) is 2.11. The molecule has 1 aliphatic heterocycles. The van der Waals surface area contributed by atoms with Crippen LogP contribution in [-0.2, 0) is 4.74 Å². The van der Waals surface area contributed by atoms with Crippen molar-refractivity contribution in [2.75, 3.05) is 20.2 Å². The Morgan fingerprint density at radius 2 is 2.18 bits per heavy atom. The predicted molar refractivity (Wildman–Crippen MR) is 67.9 cm³/mol. The van der Waals surface area contributed by atoms with E-state index in [2.05, 4.69) is 5.32 Å². The number of carbonyl (C=O) groups excluding carboxylic acids is 1. The Bertz CT molecular complexity index is 263. The summed E-state index contributed by atoms with van der Waals surface area (Å²) in [6.07, 6.45) is 1.93. The number of nitrogens with two attached hydrogens (primary N) is 1. The van der Waals surface area contributed by atoms with Crippen LogP contribution in [0.2, 0.25) is 0 Å². The van der Waals surface area contributed by atoms with E-state index in [9.17, 15) is 4.79 Å². The molecule has 1 heterocycles. The molecule has 0 bridgehead atoms. The molecule has 1 saturated heterocycles. The number of rotatable bonds is 2. The van der Waals surface area contributed by atoms with Crippen LogP contribution in [0.15, 0.2) is 0 Å². The first-order chi connectivity index (χ1) is 7.87. The molecule has 2 amide bonds. The smallest absolute Gasteiger partial charge is 0.318 e. The molecular formula is C12H25N3O2. The van der Waals surface area contributed by atoms with Crippen LogP contribution in [0.1, 0.15) is 33.6 Å². The Balaban J connectivity index is 2.60. The first-order valence-corrected chi connectivity index (χ1v) is 6.19. The molecular weight excluding hydrogens is 218 g/mol. The van der Waals surface area contributed by atoms with E-state index in [1.54, 1.807) is 7.11 Å². The van der Waals surface area contributed by atoms with Gasteiger partial charge in [-0.15, -0.1) is 0 Å². The van der Waals surface area contributed by atoms with Crippen molar-refractivity contribution in [2.24, 2.45) is 5.73 Å². The molecule has 1 fully saturated rings. The Hall–Kier alpha value is -0.810. The lowest BCUT2D eigenvalue weighted by Crippen LogP contribution is -2.57. The number of urea groups is 1. The molecule has 1 aliphatic rings. The number of hydrogen-bond acceptors (Lipinski definition) is 3. The Morgan fingerprint density at radius 1 is 1.53 bits per heavy atom. The molecule has 0 aromatic rings. The third-order valence-corrected chi connectivity index (χ3v) is 3.02. The normalized spacial score (nSPS) is 25.8. The van der Waals surface area contributed by atoms with Gasteiger partial charge in [-0.05, 0) is 33.6 Å². The summed E-state index contributed by atoms with van der Waals surface area (Å²) in [7, 11) is 1.71. The number of piperidine rings is 1. The van der Waals surface area contributed by atoms with Gasteiger partial charge in [0.15, 0.2) is 0 Å². The quantitative estimate of drug-likeness (QED) is 0.758. The van der Waals surface area contributed by atoms with E-state index in [-0.39, 0.29) is 23.7 Å². The second-order valence-corrected chi connectivity index (χ2v) is 5.65. The molecule has 2 atom stereocenters. The molecule has 17 heavy (non-hydrogen) atoms. The van der Waals surface area contributed by atoms with Crippen LogP contribution in [0, 0.1) is 0 Å². The molecule has 1 rings (SSSR count). The van der Waals surface area contributed by atoms with Crippen LogP contribution in [0.3, 0.4) is 0 Å². The lowest BCUT2D eigenvalue weighted by Gasteiger charge is -2.39. The van der Waals surface area contributed by atoms with Crippen LogP contribution in [0.5, 0.6) is 0 Å². The maximum Gasteiger partial charge on any atom is 0.318 e. The number of hydrogen-bond donors (Lipinski definition) is 2. The topological polar surface area (TPSA) is 67.6 Å². The highest BCUT2D eigenvalue weighted by atomic mass is 16.5. The van der Waals surface area contributed by atoms with Crippen molar-refractivity contribution in [3.05, 3.63) is 0 Å². The maximum atomic E-state index is 12.1. The SMILES string of the molecule is COC1CCN(C(=O)NC(C)(C)C)C(CN)C1. The summed E-state index contributed by atoms with van der Waals surface area (Å²) in [6.45, 7) is 7.12. The third-order valence-electron chi connectivity index (χ3n) is 3.02. The van der Waals surface area contributed by atoms with Crippen molar-refractivity contribution in [3.8, 4) is 0 Å². The van der Waals surface area contributed by atoms with Crippen molar-refractivity contribution in [1.29, 1.82) is 0 Å². The van der Waals surface area contributed by atoms with E-state index < -0.39 is 0 Å². The molecule has 0 radical (unpaired) electrons. The first-order valence-electron chi connectivity index (χ1n) is 6.19. The number of carbonyl (C=O) groups is 1. The molecule has 5 heteroatoms. The highest BCUT2D eigenvalue weighted by molar-refractivity contribution is 5.75. The van der Waals surface area contributed by atoms with E-state index >= 15 is 0 Å². The minimum absolute atomic E-state index is 0.0255. The van der Waals surface area contributed by atoms with E-state index in [4.69, 9.17) is 10.5 Å². The Morgan fingerprint density at radius 3 is 2.65 bits per heavy atom. The van der Waals surface area contributed by atoms with Gasteiger partial charge in [-0.2, -0.15) is 0 Å². The van der Waals surface area contributed by atoms with Gasteiger partial charge in [0.05, 0.1) is 6.10 Å². The van der Waals surface area contributed by atoms with Gasteiger partial charge < -0.3 is 20.7 Å². The van der Waals surface area contributed by atoms with Crippen molar-refractivity contribution in [2.45, 2.75) is 51.3 Å². The second kappa shape index (κ2) is 5.69.